The molecule has 0 saturated carbocycles. The van der Waals surface area contributed by atoms with Gasteiger partial charge in [-0.05, 0) is 75.1 Å². The number of carbonyl (C=O) groups excluding carboxylic acids is 2. The number of rotatable bonds is 9. The molecule has 1 aromatic heterocycles. The van der Waals surface area contributed by atoms with Crippen LogP contribution in [0.2, 0.25) is 5.02 Å². The van der Waals surface area contributed by atoms with Gasteiger partial charge in [0.25, 0.3) is 11.5 Å². The van der Waals surface area contributed by atoms with Gasteiger partial charge in [0.05, 0.1) is 35.1 Å². The van der Waals surface area contributed by atoms with Crippen LogP contribution in [0.15, 0.2) is 63.5 Å². The summed E-state index contributed by atoms with van der Waals surface area (Å²) in [5, 5.41) is 0.544. The van der Waals surface area contributed by atoms with Gasteiger partial charge < -0.3 is 19.1 Å². The van der Waals surface area contributed by atoms with Crippen LogP contribution in [0.1, 0.15) is 50.8 Å². The summed E-state index contributed by atoms with van der Waals surface area (Å²) in [7, 11) is 0. The van der Waals surface area contributed by atoms with E-state index in [2.05, 4.69) is 4.99 Å². The maximum absolute atomic E-state index is 13.9. The predicted molar refractivity (Wildman–Crippen MR) is 161 cm³/mol. The van der Waals surface area contributed by atoms with Crippen LogP contribution in [0.4, 0.5) is 0 Å². The number of halogens is 1. The van der Waals surface area contributed by atoms with Crippen LogP contribution >= 0.6 is 22.9 Å². The van der Waals surface area contributed by atoms with Crippen LogP contribution in [-0.4, -0.2) is 54.3 Å². The highest BCUT2D eigenvalue weighted by atomic mass is 35.5. The Morgan fingerprint density at radius 2 is 1.79 bits per heavy atom. The van der Waals surface area contributed by atoms with Gasteiger partial charge in [-0.3, -0.25) is 14.2 Å². The van der Waals surface area contributed by atoms with E-state index < -0.39 is 12.0 Å². The van der Waals surface area contributed by atoms with Crippen molar-refractivity contribution in [2.75, 3.05) is 32.9 Å². The van der Waals surface area contributed by atoms with E-state index in [1.165, 1.54) is 15.9 Å². The first-order valence-electron chi connectivity index (χ1n) is 13.9. The van der Waals surface area contributed by atoms with Crippen molar-refractivity contribution >= 4 is 40.9 Å². The van der Waals surface area contributed by atoms with Gasteiger partial charge >= 0.3 is 5.97 Å². The van der Waals surface area contributed by atoms with Crippen LogP contribution in [0, 0.1) is 0 Å². The molecule has 11 heteroatoms. The van der Waals surface area contributed by atoms with E-state index in [1.807, 2.05) is 13.0 Å². The molecular formula is C31H32ClN3O6S. The average Bonchev–Trinajstić information content (AvgIpc) is 3.61. The van der Waals surface area contributed by atoms with Crippen molar-refractivity contribution in [3.63, 3.8) is 0 Å². The second-order valence-corrected chi connectivity index (χ2v) is 11.3. The van der Waals surface area contributed by atoms with Crippen LogP contribution in [0.3, 0.4) is 0 Å². The third-order valence-electron chi connectivity index (χ3n) is 7.08. The van der Waals surface area contributed by atoms with E-state index in [-0.39, 0.29) is 24.7 Å². The van der Waals surface area contributed by atoms with Gasteiger partial charge in [0, 0.05) is 18.1 Å². The zero-order chi connectivity index (χ0) is 29.8. The molecule has 0 bridgehead atoms. The Kier molecular flexibility index (Phi) is 9.13. The van der Waals surface area contributed by atoms with Crippen LogP contribution in [-0.2, 0) is 14.3 Å². The smallest absolute Gasteiger partial charge is 0.338 e. The number of allylic oxidation sites excluding steroid dienone is 1. The minimum Gasteiger partial charge on any atom is -0.490 e. The number of aromatic nitrogens is 1. The molecule has 3 aromatic rings. The van der Waals surface area contributed by atoms with Crippen molar-refractivity contribution in [3.05, 3.63) is 89.6 Å². The minimum atomic E-state index is -0.720. The van der Waals surface area contributed by atoms with E-state index >= 15 is 0 Å². The molecule has 42 heavy (non-hydrogen) atoms. The molecule has 0 aliphatic carbocycles. The maximum atomic E-state index is 13.9. The number of fused-ring (bicyclic) bond motifs is 1. The molecule has 1 amide bonds. The number of thiazole rings is 1. The van der Waals surface area contributed by atoms with Gasteiger partial charge in [-0.15, -0.1) is 0 Å². The Morgan fingerprint density at radius 3 is 2.48 bits per heavy atom. The molecule has 5 rings (SSSR count). The third kappa shape index (κ3) is 6.15. The average molecular weight is 610 g/mol. The monoisotopic (exact) mass is 609 g/mol. The fourth-order valence-corrected chi connectivity index (χ4v) is 6.28. The number of esters is 1. The highest BCUT2D eigenvalue weighted by Gasteiger charge is 2.33. The van der Waals surface area contributed by atoms with E-state index in [4.69, 9.17) is 25.8 Å². The summed E-state index contributed by atoms with van der Waals surface area (Å²) in [4.78, 5) is 46.3. The second-order valence-electron chi connectivity index (χ2n) is 9.87. The van der Waals surface area contributed by atoms with Crippen LogP contribution < -0.4 is 24.4 Å². The molecule has 0 N–H and O–H groups in total. The maximum Gasteiger partial charge on any atom is 0.338 e. The van der Waals surface area contributed by atoms with Crippen molar-refractivity contribution in [1.82, 2.24) is 9.47 Å². The van der Waals surface area contributed by atoms with Gasteiger partial charge in [0.2, 0.25) is 0 Å². The topological polar surface area (TPSA) is 99.4 Å². The fourth-order valence-electron chi connectivity index (χ4n) is 5.10. The summed E-state index contributed by atoms with van der Waals surface area (Å²) in [6.45, 7) is 7.40. The van der Waals surface area contributed by atoms with E-state index in [9.17, 15) is 14.4 Å². The predicted octanol–water partition coefficient (Wildman–Crippen LogP) is 3.85. The number of ether oxygens (including phenoxy) is 3. The minimum absolute atomic E-state index is 0.0483. The van der Waals surface area contributed by atoms with Crippen molar-refractivity contribution in [2.45, 2.75) is 39.7 Å². The van der Waals surface area contributed by atoms with Gasteiger partial charge in [-0.1, -0.05) is 41.1 Å². The Morgan fingerprint density at radius 1 is 1.05 bits per heavy atom. The Balaban J connectivity index is 1.52. The molecule has 3 heterocycles. The number of nitrogens with zero attached hydrogens (tertiary/aromatic N) is 3. The molecule has 0 radical (unpaired) electrons. The fraction of sp³-hybridized carbons (Fsp3) is 0.355. The molecule has 9 nitrogen and oxygen atoms in total. The summed E-state index contributed by atoms with van der Waals surface area (Å²) in [5.41, 5.74) is 1.94. The highest BCUT2D eigenvalue weighted by molar-refractivity contribution is 7.07. The third-order valence-corrected chi connectivity index (χ3v) is 8.31. The lowest BCUT2D eigenvalue weighted by Crippen LogP contribution is -2.39. The molecule has 0 spiro atoms. The van der Waals surface area contributed by atoms with Crippen LogP contribution in [0.25, 0.3) is 6.08 Å². The summed E-state index contributed by atoms with van der Waals surface area (Å²) < 4.78 is 18.9. The Hall–Kier alpha value is -3.89. The lowest BCUT2D eigenvalue weighted by Gasteiger charge is -2.24. The number of hydrogen-bond donors (Lipinski definition) is 0. The number of likely N-dealkylation sites (tertiary alicyclic amines) is 1. The first-order valence-corrected chi connectivity index (χ1v) is 15.1. The molecule has 1 atom stereocenters. The molecule has 0 unspecified atom stereocenters. The van der Waals surface area contributed by atoms with E-state index in [0.717, 1.165) is 25.9 Å². The van der Waals surface area contributed by atoms with Crippen molar-refractivity contribution in [1.29, 1.82) is 0 Å². The standard InChI is InChI=1S/C31H32ClN3O6S/c1-4-39-24-16-20(8-13-23(24)41-18-26(36)34-14-6-7-15-34)17-25-29(37)35-28(21-9-11-22(32)12-10-21)27(30(38)40-5-2)19(3)33-31(35)42-25/h8-13,16-17,28H,4-7,14-15,18H2,1-3H3/b25-17+/t28-/m1/s1. The Bertz CT molecular complexity index is 1700. The summed E-state index contributed by atoms with van der Waals surface area (Å²) in [6.07, 6.45) is 3.79. The molecule has 2 aliphatic heterocycles. The first-order chi connectivity index (χ1) is 20.3. The molecule has 1 fully saturated rings. The van der Waals surface area contributed by atoms with Crippen molar-refractivity contribution < 1.29 is 23.8 Å². The number of amides is 1. The zero-order valence-electron chi connectivity index (χ0n) is 23.7. The summed E-state index contributed by atoms with van der Waals surface area (Å²) in [6, 6.07) is 11.6. The number of carbonyl (C=O) groups is 2. The number of benzene rings is 2. The second kappa shape index (κ2) is 13.0. The van der Waals surface area contributed by atoms with Crippen molar-refractivity contribution in [2.24, 2.45) is 4.99 Å². The van der Waals surface area contributed by atoms with Crippen molar-refractivity contribution in [3.8, 4) is 11.5 Å². The SMILES string of the molecule is CCOC(=O)C1=C(C)N=c2s/c(=C/c3ccc(OCC(=O)N4CCCC4)c(OCC)c3)c(=O)n2[C@@H]1c1ccc(Cl)cc1. The first kappa shape index (κ1) is 29.6. The van der Waals surface area contributed by atoms with E-state index in [1.54, 1.807) is 61.2 Å². The molecule has 1 saturated heterocycles. The van der Waals surface area contributed by atoms with Crippen LogP contribution in [0.5, 0.6) is 11.5 Å². The normalized spacial score (nSPS) is 16.7. The zero-order valence-corrected chi connectivity index (χ0v) is 25.3. The lowest BCUT2D eigenvalue weighted by molar-refractivity contribution is -0.139. The summed E-state index contributed by atoms with van der Waals surface area (Å²) >= 11 is 7.37. The quantitative estimate of drug-likeness (QED) is 0.342. The largest absolute Gasteiger partial charge is 0.490 e. The summed E-state index contributed by atoms with van der Waals surface area (Å²) in [5.74, 6) is 0.370. The van der Waals surface area contributed by atoms with Gasteiger partial charge in [-0.25, -0.2) is 9.79 Å². The Labute approximate surface area is 252 Å². The number of hydrogen-bond acceptors (Lipinski definition) is 8. The molecule has 2 aromatic carbocycles. The van der Waals surface area contributed by atoms with Gasteiger partial charge in [-0.2, -0.15) is 0 Å². The molecule has 220 valence electrons. The van der Waals surface area contributed by atoms with Gasteiger partial charge in [0.15, 0.2) is 22.9 Å². The highest BCUT2D eigenvalue weighted by Crippen LogP contribution is 2.32. The molecule has 2 aliphatic rings. The van der Waals surface area contributed by atoms with Gasteiger partial charge in [0.1, 0.15) is 0 Å². The lowest BCUT2D eigenvalue weighted by atomic mass is 9.96. The van der Waals surface area contributed by atoms with E-state index in [0.29, 0.717) is 54.9 Å². The molecular weight excluding hydrogens is 578 g/mol.